The van der Waals surface area contributed by atoms with Crippen LogP contribution < -0.4 is 5.32 Å². The van der Waals surface area contributed by atoms with Gasteiger partial charge in [0.2, 0.25) is 0 Å². The normalized spacial score (nSPS) is 10.9. The summed E-state index contributed by atoms with van der Waals surface area (Å²) >= 11 is 0. The average molecular weight is 433 g/mol. The third-order valence-electron chi connectivity index (χ3n) is 4.55. The van der Waals surface area contributed by atoms with Crippen molar-refractivity contribution in [3.05, 3.63) is 84.7 Å². The summed E-state index contributed by atoms with van der Waals surface area (Å²) in [6, 6.07) is 11.4. The highest BCUT2D eigenvalue weighted by Gasteiger charge is 2.18. The first-order chi connectivity index (χ1) is 15.7. The molecule has 4 aromatic heterocycles. The van der Waals surface area contributed by atoms with Crippen LogP contribution >= 0.6 is 0 Å². The Labute approximate surface area is 181 Å². The van der Waals surface area contributed by atoms with Gasteiger partial charge in [0.05, 0.1) is 12.2 Å². The Balaban J connectivity index is 0.00000259. The SMILES string of the molecule is O=C(Nc1ccnc(-c2cc(-c3ccon3)n(Cc3ccccc3F)n2)n1)c1cocn1.[HH]. The minimum atomic E-state index is -0.475. The quantitative estimate of drug-likeness (QED) is 0.430. The van der Waals surface area contributed by atoms with Gasteiger partial charge in [-0.05, 0) is 18.2 Å². The van der Waals surface area contributed by atoms with Crippen molar-refractivity contribution in [2.24, 2.45) is 0 Å². The molecule has 0 aliphatic heterocycles. The number of rotatable bonds is 6. The summed E-state index contributed by atoms with van der Waals surface area (Å²) in [5.74, 6) is -0.296. The Bertz CT molecular complexity index is 1370. The molecule has 0 saturated carbocycles. The molecule has 0 unspecified atom stereocenters. The molecule has 0 saturated heterocycles. The van der Waals surface area contributed by atoms with Gasteiger partial charge in [0.15, 0.2) is 17.9 Å². The van der Waals surface area contributed by atoms with Crippen LogP contribution in [0.2, 0.25) is 0 Å². The van der Waals surface area contributed by atoms with Crippen LogP contribution in [0.5, 0.6) is 0 Å². The number of anilines is 1. The standard InChI is InChI=1S/C21H14FN7O3.H2/c22-14-4-2-1-3-13(14)10-29-18(15-6-8-32-28-15)9-16(27-29)20-23-7-5-19(25-20)26-21(30)17-11-31-12-24-17;/h1-9,11-12H,10H2,(H,23,25,26,30);1H. The number of oxazole rings is 1. The number of hydrogen-bond acceptors (Lipinski definition) is 8. The molecule has 1 aromatic carbocycles. The molecule has 4 heterocycles. The van der Waals surface area contributed by atoms with E-state index < -0.39 is 5.91 Å². The van der Waals surface area contributed by atoms with E-state index in [9.17, 15) is 9.18 Å². The predicted molar refractivity (Wildman–Crippen MR) is 111 cm³/mol. The molecular formula is C21H16FN7O3. The van der Waals surface area contributed by atoms with Crippen molar-refractivity contribution in [1.29, 1.82) is 0 Å². The second-order valence-corrected chi connectivity index (χ2v) is 6.64. The molecule has 0 aliphatic rings. The van der Waals surface area contributed by atoms with E-state index in [-0.39, 0.29) is 31.1 Å². The van der Waals surface area contributed by atoms with E-state index in [2.05, 4.69) is 30.5 Å². The van der Waals surface area contributed by atoms with E-state index in [1.807, 2.05) is 0 Å². The van der Waals surface area contributed by atoms with E-state index in [1.165, 1.54) is 30.9 Å². The molecule has 11 heteroatoms. The molecule has 32 heavy (non-hydrogen) atoms. The number of carbonyl (C=O) groups is 1. The number of nitrogens with one attached hydrogen (secondary N) is 1. The molecule has 10 nitrogen and oxygen atoms in total. The highest BCUT2D eigenvalue weighted by Crippen LogP contribution is 2.25. The highest BCUT2D eigenvalue weighted by molar-refractivity contribution is 6.02. The van der Waals surface area contributed by atoms with Gasteiger partial charge in [0.1, 0.15) is 35.5 Å². The van der Waals surface area contributed by atoms with Crippen LogP contribution in [0.15, 0.2) is 76.5 Å². The highest BCUT2D eigenvalue weighted by atomic mass is 19.1. The van der Waals surface area contributed by atoms with Gasteiger partial charge < -0.3 is 14.3 Å². The minimum absolute atomic E-state index is 0. The molecule has 0 atom stereocenters. The van der Waals surface area contributed by atoms with E-state index in [4.69, 9.17) is 8.94 Å². The largest absolute Gasteiger partial charge is 0.451 e. The Morgan fingerprint density at radius 2 is 2.06 bits per heavy atom. The second kappa shape index (κ2) is 8.22. The maximum Gasteiger partial charge on any atom is 0.278 e. The molecule has 5 aromatic rings. The maximum absolute atomic E-state index is 14.2. The monoisotopic (exact) mass is 433 g/mol. The molecule has 1 amide bonds. The number of halogens is 1. The van der Waals surface area contributed by atoms with Gasteiger partial charge in [-0.3, -0.25) is 9.48 Å². The third-order valence-corrected chi connectivity index (χ3v) is 4.55. The molecule has 160 valence electrons. The number of benzene rings is 1. The van der Waals surface area contributed by atoms with Gasteiger partial charge in [-0.2, -0.15) is 5.10 Å². The van der Waals surface area contributed by atoms with Crippen LogP contribution in [0.1, 0.15) is 17.5 Å². The molecular weight excluding hydrogens is 417 g/mol. The third kappa shape index (κ3) is 3.86. The first-order valence-corrected chi connectivity index (χ1v) is 9.42. The zero-order valence-corrected chi connectivity index (χ0v) is 16.3. The molecule has 0 spiro atoms. The van der Waals surface area contributed by atoms with E-state index >= 15 is 0 Å². The van der Waals surface area contributed by atoms with Crippen LogP contribution in [0.4, 0.5) is 10.2 Å². The molecule has 0 radical (unpaired) electrons. The molecule has 0 bridgehead atoms. The van der Waals surface area contributed by atoms with Crippen molar-refractivity contribution >= 4 is 11.7 Å². The smallest absolute Gasteiger partial charge is 0.278 e. The van der Waals surface area contributed by atoms with Crippen molar-refractivity contribution in [1.82, 2.24) is 29.9 Å². The molecule has 0 aliphatic carbocycles. The lowest BCUT2D eigenvalue weighted by molar-refractivity contribution is 0.102. The predicted octanol–water partition coefficient (Wildman–Crippen LogP) is 3.67. The number of nitrogens with zero attached hydrogens (tertiary/aromatic N) is 6. The fraction of sp³-hybridized carbons (Fsp3) is 0.0476. The van der Waals surface area contributed by atoms with Crippen molar-refractivity contribution in [2.45, 2.75) is 6.54 Å². The second-order valence-electron chi connectivity index (χ2n) is 6.64. The number of aromatic nitrogens is 6. The fourth-order valence-electron chi connectivity index (χ4n) is 3.04. The van der Waals surface area contributed by atoms with E-state index in [0.717, 1.165) is 6.39 Å². The lowest BCUT2D eigenvalue weighted by Crippen LogP contribution is -2.13. The van der Waals surface area contributed by atoms with Crippen LogP contribution in [-0.4, -0.2) is 35.8 Å². The van der Waals surface area contributed by atoms with Crippen LogP contribution in [-0.2, 0) is 6.54 Å². The topological polar surface area (TPSA) is 125 Å². The van der Waals surface area contributed by atoms with Gasteiger partial charge in [-0.1, -0.05) is 23.4 Å². The molecule has 1 N–H and O–H groups in total. The lowest BCUT2D eigenvalue weighted by atomic mass is 10.2. The Kier molecular flexibility index (Phi) is 4.96. The molecule has 5 rings (SSSR count). The first-order valence-electron chi connectivity index (χ1n) is 9.42. The molecule has 0 fully saturated rings. The summed E-state index contributed by atoms with van der Waals surface area (Å²) in [5.41, 5.74) is 2.11. The van der Waals surface area contributed by atoms with E-state index in [0.29, 0.717) is 22.6 Å². The summed E-state index contributed by atoms with van der Waals surface area (Å²) in [6.07, 6.45) is 5.32. The lowest BCUT2D eigenvalue weighted by Gasteiger charge is -2.06. The summed E-state index contributed by atoms with van der Waals surface area (Å²) in [5, 5.41) is 11.1. The van der Waals surface area contributed by atoms with Crippen LogP contribution in [0.25, 0.3) is 22.9 Å². The van der Waals surface area contributed by atoms with Gasteiger partial charge in [-0.25, -0.2) is 19.3 Å². The Morgan fingerprint density at radius 3 is 2.84 bits per heavy atom. The van der Waals surface area contributed by atoms with Crippen molar-refractivity contribution in [3.8, 4) is 22.9 Å². The number of amides is 1. The van der Waals surface area contributed by atoms with Gasteiger partial charge in [0.25, 0.3) is 5.91 Å². The van der Waals surface area contributed by atoms with Gasteiger partial charge in [-0.15, -0.1) is 0 Å². The number of hydrogen-bond donors (Lipinski definition) is 1. The van der Waals surface area contributed by atoms with Crippen molar-refractivity contribution in [3.63, 3.8) is 0 Å². The summed E-state index contributed by atoms with van der Waals surface area (Å²) < 4.78 is 25.6. The minimum Gasteiger partial charge on any atom is -0.451 e. The average Bonchev–Trinajstić information content (AvgIpc) is 3.57. The Hall–Kier alpha value is -4.67. The van der Waals surface area contributed by atoms with Crippen LogP contribution in [0.3, 0.4) is 0 Å². The summed E-state index contributed by atoms with van der Waals surface area (Å²) in [7, 11) is 0. The Morgan fingerprint density at radius 1 is 1.16 bits per heavy atom. The first kappa shape index (κ1) is 19.3. The van der Waals surface area contributed by atoms with Crippen molar-refractivity contribution < 1.29 is 19.6 Å². The zero-order valence-electron chi connectivity index (χ0n) is 16.3. The maximum atomic E-state index is 14.2. The summed E-state index contributed by atoms with van der Waals surface area (Å²) in [4.78, 5) is 24.6. The van der Waals surface area contributed by atoms with Crippen LogP contribution in [0, 0.1) is 5.82 Å². The summed E-state index contributed by atoms with van der Waals surface area (Å²) in [6.45, 7) is 0.164. The van der Waals surface area contributed by atoms with E-state index in [1.54, 1.807) is 35.0 Å². The van der Waals surface area contributed by atoms with Gasteiger partial charge in [0, 0.05) is 19.3 Å². The number of carbonyl (C=O) groups excluding carboxylic acids is 1. The van der Waals surface area contributed by atoms with Gasteiger partial charge >= 0.3 is 0 Å². The van der Waals surface area contributed by atoms with Crippen molar-refractivity contribution in [2.75, 3.05) is 5.32 Å². The zero-order chi connectivity index (χ0) is 21.9. The fourth-order valence-corrected chi connectivity index (χ4v) is 3.04.